The average molecular weight is 276 g/mol. The molecule has 1 saturated carbocycles. The topological polar surface area (TPSA) is 29.1 Å². The van der Waals surface area contributed by atoms with E-state index in [1.165, 1.54) is 6.07 Å². The van der Waals surface area contributed by atoms with Crippen LogP contribution in [-0.2, 0) is 4.79 Å². The molecule has 0 heterocycles. The number of halogens is 3. The minimum atomic E-state index is -1.01. The second-order valence-electron chi connectivity index (χ2n) is 4.63. The quantitative estimate of drug-likeness (QED) is 0.821. The molecule has 0 radical (unpaired) electrons. The molecule has 1 aromatic rings. The van der Waals surface area contributed by atoms with Gasteiger partial charge in [0.15, 0.2) is 0 Å². The summed E-state index contributed by atoms with van der Waals surface area (Å²) in [6, 6.07) is 4.53. The number of hydrogen-bond acceptors (Lipinski definition) is 1. The van der Waals surface area contributed by atoms with Crippen molar-refractivity contribution in [2.45, 2.75) is 24.6 Å². The van der Waals surface area contributed by atoms with Crippen molar-refractivity contribution in [3.8, 4) is 0 Å². The first-order valence-corrected chi connectivity index (χ1v) is 5.97. The molecule has 0 saturated heterocycles. The summed E-state index contributed by atoms with van der Waals surface area (Å²) in [7, 11) is 0. The summed E-state index contributed by atoms with van der Waals surface area (Å²) in [4.78, 5) is 11.9. The van der Waals surface area contributed by atoms with Crippen molar-refractivity contribution in [1.29, 1.82) is 0 Å². The van der Waals surface area contributed by atoms with Crippen molar-refractivity contribution in [2.24, 2.45) is 5.41 Å². The van der Waals surface area contributed by atoms with Gasteiger partial charge in [0, 0.05) is 5.69 Å². The summed E-state index contributed by atoms with van der Waals surface area (Å²) < 4.78 is 12.3. The highest BCUT2D eigenvalue weighted by Crippen LogP contribution is 2.64. The first kappa shape index (κ1) is 12.7. The van der Waals surface area contributed by atoms with Gasteiger partial charge < -0.3 is 5.32 Å². The molecule has 17 heavy (non-hydrogen) atoms. The molecule has 1 aliphatic carbocycles. The van der Waals surface area contributed by atoms with E-state index in [0.29, 0.717) is 17.7 Å². The van der Waals surface area contributed by atoms with Crippen molar-refractivity contribution in [3.05, 3.63) is 29.6 Å². The zero-order valence-electron chi connectivity index (χ0n) is 9.48. The summed E-state index contributed by atoms with van der Waals surface area (Å²) in [6.45, 7) is 3.35. The molecule has 2 nitrogen and oxygen atoms in total. The molecule has 1 atom stereocenters. The highest BCUT2D eigenvalue weighted by Gasteiger charge is 2.67. The number of anilines is 1. The van der Waals surface area contributed by atoms with Gasteiger partial charge in [0.1, 0.15) is 10.2 Å². The van der Waals surface area contributed by atoms with Crippen LogP contribution in [0.1, 0.15) is 18.9 Å². The van der Waals surface area contributed by atoms with Crippen molar-refractivity contribution < 1.29 is 9.18 Å². The minimum absolute atomic E-state index is 0.286. The maximum absolute atomic E-state index is 13.3. The lowest BCUT2D eigenvalue weighted by Crippen LogP contribution is -2.25. The Balaban J connectivity index is 2.12. The van der Waals surface area contributed by atoms with E-state index in [1.807, 2.05) is 0 Å². The van der Waals surface area contributed by atoms with Gasteiger partial charge in [-0.2, -0.15) is 0 Å². The van der Waals surface area contributed by atoms with Crippen molar-refractivity contribution in [3.63, 3.8) is 0 Å². The molecule has 92 valence electrons. The number of carbonyl (C=O) groups excluding carboxylic acids is 1. The van der Waals surface area contributed by atoms with Crippen molar-refractivity contribution >= 4 is 34.8 Å². The summed E-state index contributed by atoms with van der Waals surface area (Å²) >= 11 is 11.8. The molecule has 5 heteroatoms. The zero-order valence-corrected chi connectivity index (χ0v) is 11.0. The Hall–Kier alpha value is -0.800. The van der Waals surface area contributed by atoms with Crippen LogP contribution in [0, 0.1) is 18.2 Å². The number of alkyl halides is 2. The van der Waals surface area contributed by atoms with E-state index in [0.717, 1.165) is 0 Å². The van der Waals surface area contributed by atoms with Crippen LogP contribution >= 0.6 is 23.2 Å². The molecular weight excluding hydrogens is 264 g/mol. The molecule has 1 fully saturated rings. The Morgan fingerprint density at radius 1 is 1.47 bits per heavy atom. The predicted octanol–water partition coefficient (Wildman–Crippen LogP) is 3.66. The van der Waals surface area contributed by atoms with E-state index >= 15 is 0 Å². The highest BCUT2D eigenvalue weighted by molar-refractivity contribution is 6.53. The van der Waals surface area contributed by atoms with Crippen LogP contribution in [0.5, 0.6) is 0 Å². The highest BCUT2D eigenvalue weighted by atomic mass is 35.5. The third-order valence-corrected chi connectivity index (χ3v) is 4.29. The van der Waals surface area contributed by atoms with E-state index in [1.54, 1.807) is 26.0 Å². The Morgan fingerprint density at radius 3 is 2.53 bits per heavy atom. The standard InChI is InChI=1S/C12H12Cl2FNO/c1-7-3-4-8(5-9(7)15)16-10(17)11(2)6-12(11,13)14/h3-5H,6H2,1-2H3,(H,16,17)/t11-/m0/s1. The van der Waals surface area contributed by atoms with Gasteiger partial charge in [0.25, 0.3) is 0 Å². The molecular formula is C12H12Cl2FNO. The van der Waals surface area contributed by atoms with Gasteiger partial charge in [-0.05, 0) is 38.0 Å². The van der Waals surface area contributed by atoms with E-state index in [9.17, 15) is 9.18 Å². The molecule has 0 unspecified atom stereocenters. The number of aryl methyl sites for hydroxylation is 1. The molecule has 0 bridgehead atoms. The van der Waals surface area contributed by atoms with Crippen LogP contribution in [0.2, 0.25) is 0 Å². The Bertz CT molecular complexity index is 489. The van der Waals surface area contributed by atoms with Gasteiger partial charge >= 0.3 is 0 Å². The Kier molecular flexibility index (Phi) is 2.87. The second-order valence-corrected chi connectivity index (χ2v) is 6.12. The normalized spacial score (nSPS) is 25.5. The minimum Gasteiger partial charge on any atom is -0.325 e. The van der Waals surface area contributed by atoms with Gasteiger partial charge in [0.2, 0.25) is 5.91 Å². The number of benzene rings is 1. The molecule has 0 aliphatic heterocycles. The molecule has 0 aromatic heterocycles. The van der Waals surface area contributed by atoms with Crippen LogP contribution < -0.4 is 5.32 Å². The number of hydrogen-bond donors (Lipinski definition) is 1. The summed E-state index contributed by atoms with van der Waals surface area (Å²) in [6.07, 6.45) is 0.406. The lowest BCUT2D eigenvalue weighted by molar-refractivity contribution is -0.120. The third kappa shape index (κ3) is 2.14. The number of carbonyl (C=O) groups is 1. The van der Waals surface area contributed by atoms with E-state index in [-0.39, 0.29) is 11.7 Å². The van der Waals surface area contributed by atoms with Crippen molar-refractivity contribution in [1.82, 2.24) is 0 Å². The van der Waals surface area contributed by atoms with Gasteiger partial charge in [-0.25, -0.2) is 4.39 Å². The lowest BCUT2D eigenvalue weighted by atomic mass is 10.1. The summed E-state index contributed by atoms with van der Waals surface area (Å²) in [5.74, 6) is -0.641. The van der Waals surface area contributed by atoms with Crippen molar-refractivity contribution in [2.75, 3.05) is 5.32 Å². The van der Waals surface area contributed by atoms with Crippen LogP contribution in [0.15, 0.2) is 18.2 Å². The first-order valence-electron chi connectivity index (χ1n) is 5.22. The molecule has 0 spiro atoms. The maximum Gasteiger partial charge on any atom is 0.233 e. The van der Waals surface area contributed by atoms with Gasteiger partial charge in [-0.1, -0.05) is 6.07 Å². The molecule has 2 rings (SSSR count). The number of rotatable bonds is 2. The van der Waals surface area contributed by atoms with Gasteiger partial charge in [-0.3, -0.25) is 4.79 Å². The fourth-order valence-electron chi connectivity index (χ4n) is 1.59. The first-order chi connectivity index (χ1) is 7.76. The molecule has 1 aliphatic rings. The fraction of sp³-hybridized carbons (Fsp3) is 0.417. The summed E-state index contributed by atoms with van der Waals surface area (Å²) in [5, 5.41) is 2.62. The zero-order chi connectivity index (χ0) is 12.8. The smallest absolute Gasteiger partial charge is 0.233 e. The largest absolute Gasteiger partial charge is 0.325 e. The maximum atomic E-state index is 13.3. The average Bonchev–Trinajstić information content (AvgIpc) is 2.74. The van der Waals surface area contributed by atoms with E-state index in [4.69, 9.17) is 23.2 Å². The van der Waals surface area contributed by atoms with Crippen LogP contribution in [0.3, 0.4) is 0 Å². The number of amides is 1. The van der Waals surface area contributed by atoms with Gasteiger partial charge in [0.05, 0.1) is 5.41 Å². The fourth-order valence-corrected chi connectivity index (χ4v) is 2.29. The second kappa shape index (κ2) is 3.85. The monoisotopic (exact) mass is 275 g/mol. The summed E-state index contributed by atoms with van der Waals surface area (Å²) in [5.41, 5.74) is 0.150. The number of nitrogens with one attached hydrogen (secondary N) is 1. The van der Waals surface area contributed by atoms with E-state index in [2.05, 4.69) is 5.32 Å². The van der Waals surface area contributed by atoms with Crippen LogP contribution in [-0.4, -0.2) is 10.2 Å². The third-order valence-electron chi connectivity index (χ3n) is 3.19. The van der Waals surface area contributed by atoms with Gasteiger partial charge in [-0.15, -0.1) is 23.2 Å². The Morgan fingerprint density at radius 2 is 2.06 bits per heavy atom. The lowest BCUT2D eigenvalue weighted by Gasteiger charge is -2.12. The Labute approximate surface area is 109 Å². The van der Waals surface area contributed by atoms with E-state index < -0.39 is 9.75 Å². The molecule has 1 aromatic carbocycles. The van der Waals surface area contributed by atoms with Crippen LogP contribution in [0.4, 0.5) is 10.1 Å². The predicted molar refractivity (Wildman–Crippen MR) is 66.9 cm³/mol. The molecule has 1 amide bonds. The van der Waals surface area contributed by atoms with Crippen LogP contribution in [0.25, 0.3) is 0 Å². The molecule has 1 N–H and O–H groups in total. The SMILES string of the molecule is Cc1ccc(NC(=O)[C@]2(C)CC2(Cl)Cl)cc1F.